The first-order valence-corrected chi connectivity index (χ1v) is 5.35. The van der Waals surface area contributed by atoms with Gasteiger partial charge in [0.05, 0.1) is 0 Å². The van der Waals surface area contributed by atoms with E-state index in [9.17, 15) is 4.79 Å². The molecule has 0 aromatic carbocycles. The van der Waals surface area contributed by atoms with Crippen molar-refractivity contribution in [2.75, 3.05) is 6.54 Å². The number of hydrogen-bond donors (Lipinski definition) is 1. The Morgan fingerprint density at radius 3 is 2.93 bits per heavy atom. The maximum atomic E-state index is 11.4. The predicted octanol–water partition coefficient (Wildman–Crippen LogP) is 1.82. The Hall–Kier alpha value is -0.840. The highest BCUT2D eigenvalue weighted by molar-refractivity contribution is 9.09. The summed E-state index contributed by atoms with van der Waals surface area (Å²) in [4.78, 5) is 11.7. The number of carbonyl (C=O) groups is 1. The van der Waals surface area contributed by atoms with Gasteiger partial charge in [0.15, 0.2) is 5.69 Å². The Labute approximate surface area is 91.2 Å². The first-order valence-electron chi connectivity index (χ1n) is 4.44. The topological polar surface area (TPSA) is 55.1 Å². The largest absolute Gasteiger partial charge is 0.364 e. The molecule has 0 fully saturated rings. The normalized spacial score (nSPS) is 12.9. The third-order valence-corrected chi connectivity index (χ3v) is 3.23. The van der Waals surface area contributed by atoms with Crippen molar-refractivity contribution < 1.29 is 9.32 Å². The molecule has 78 valence electrons. The first kappa shape index (κ1) is 11.2. The summed E-state index contributed by atoms with van der Waals surface area (Å²) in [6.45, 7) is 4.76. The minimum Gasteiger partial charge on any atom is -0.364 e. The molecule has 1 heterocycles. The van der Waals surface area contributed by atoms with E-state index in [1.165, 1.54) is 12.3 Å². The number of aromatic nitrogens is 1. The van der Waals surface area contributed by atoms with Gasteiger partial charge in [-0.05, 0) is 5.92 Å². The van der Waals surface area contributed by atoms with Crippen LogP contribution < -0.4 is 5.32 Å². The average Bonchev–Trinajstić information content (AvgIpc) is 2.66. The maximum absolute atomic E-state index is 11.4. The molecule has 0 spiro atoms. The average molecular weight is 261 g/mol. The minimum atomic E-state index is -0.205. The summed E-state index contributed by atoms with van der Waals surface area (Å²) in [5, 5.41) is 6.29. The molecule has 14 heavy (non-hydrogen) atoms. The lowest BCUT2D eigenvalue weighted by Crippen LogP contribution is -2.31. The molecule has 0 aliphatic heterocycles. The molecule has 0 radical (unpaired) electrons. The molecule has 0 saturated carbocycles. The summed E-state index contributed by atoms with van der Waals surface area (Å²) < 4.78 is 4.57. The molecule has 1 unspecified atom stereocenters. The second-order valence-electron chi connectivity index (χ2n) is 3.35. The molecule has 5 heteroatoms. The summed E-state index contributed by atoms with van der Waals surface area (Å²) in [6.07, 6.45) is 1.38. The highest BCUT2D eigenvalue weighted by Gasteiger charge is 2.13. The number of nitrogens with zero attached hydrogens (tertiary/aromatic N) is 1. The molecule has 1 atom stereocenters. The lowest BCUT2D eigenvalue weighted by Gasteiger charge is -2.13. The summed E-state index contributed by atoms with van der Waals surface area (Å²) in [6, 6.07) is 1.54. The van der Waals surface area contributed by atoms with Gasteiger partial charge < -0.3 is 9.84 Å². The lowest BCUT2D eigenvalue weighted by atomic mass is 10.1. The zero-order chi connectivity index (χ0) is 10.6. The predicted molar refractivity (Wildman–Crippen MR) is 56.4 cm³/mol. The van der Waals surface area contributed by atoms with Crippen LogP contribution in [0, 0.1) is 5.92 Å². The van der Waals surface area contributed by atoms with Crippen molar-refractivity contribution in [2.24, 2.45) is 5.92 Å². The van der Waals surface area contributed by atoms with Crippen molar-refractivity contribution in [3.8, 4) is 0 Å². The van der Waals surface area contributed by atoms with Gasteiger partial charge >= 0.3 is 0 Å². The van der Waals surface area contributed by atoms with Gasteiger partial charge in [-0.3, -0.25) is 4.79 Å². The Bertz CT molecular complexity index is 285. The van der Waals surface area contributed by atoms with Crippen molar-refractivity contribution in [2.45, 2.75) is 18.7 Å². The smallest absolute Gasteiger partial charge is 0.273 e. The molecule has 1 aromatic heterocycles. The highest BCUT2D eigenvalue weighted by Crippen LogP contribution is 2.10. The van der Waals surface area contributed by atoms with Gasteiger partial charge in [0.2, 0.25) is 0 Å². The molecule has 4 nitrogen and oxygen atoms in total. The summed E-state index contributed by atoms with van der Waals surface area (Å²) in [7, 11) is 0. The Morgan fingerprint density at radius 2 is 2.43 bits per heavy atom. The van der Waals surface area contributed by atoms with E-state index < -0.39 is 0 Å². The van der Waals surface area contributed by atoms with Gasteiger partial charge in [-0.1, -0.05) is 34.9 Å². The van der Waals surface area contributed by atoms with E-state index in [1.54, 1.807) is 0 Å². The molecule has 1 aromatic rings. The minimum absolute atomic E-state index is 0.205. The standard InChI is InChI=1S/C9H13BrN2O2/c1-6(2)7(10)5-11-9(13)8-3-4-14-12-8/h3-4,6-7H,5H2,1-2H3,(H,11,13). The second kappa shape index (κ2) is 5.14. The molecule has 0 saturated heterocycles. The number of nitrogens with one attached hydrogen (secondary N) is 1. The number of hydrogen-bond acceptors (Lipinski definition) is 3. The first-order chi connectivity index (χ1) is 6.61. The SMILES string of the molecule is CC(C)C(Br)CNC(=O)c1ccon1. The van der Waals surface area contributed by atoms with E-state index in [4.69, 9.17) is 0 Å². The third kappa shape index (κ3) is 3.14. The van der Waals surface area contributed by atoms with Crippen LogP contribution in [0.1, 0.15) is 24.3 Å². The van der Waals surface area contributed by atoms with E-state index in [2.05, 4.69) is 44.8 Å². The second-order valence-corrected chi connectivity index (χ2v) is 4.53. The van der Waals surface area contributed by atoms with E-state index in [1.807, 2.05) is 0 Å². The quantitative estimate of drug-likeness (QED) is 0.841. The number of alkyl halides is 1. The highest BCUT2D eigenvalue weighted by atomic mass is 79.9. The van der Waals surface area contributed by atoms with Crippen LogP contribution in [0.5, 0.6) is 0 Å². The van der Waals surface area contributed by atoms with Crippen LogP contribution in [0.2, 0.25) is 0 Å². The lowest BCUT2D eigenvalue weighted by molar-refractivity contribution is 0.0944. The molecular weight excluding hydrogens is 248 g/mol. The number of halogens is 1. The van der Waals surface area contributed by atoms with Crippen molar-refractivity contribution in [3.05, 3.63) is 18.0 Å². The van der Waals surface area contributed by atoms with Crippen molar-refractivity contribution in [3.63, 3.8) is 0 Å². The van der Waals surface area contributed by atoms with E-state index in [-0.39, 0.29) is 10.7 Å². The van der Waals surface area contributed by atoms with Gasteiger partial charge in [-0.15, -0.1) is 0 Å². The van der Waals surface area contributed by atoms with Crippen LogP contribution in [-0.4, -0.2) is 22.4 Å². The number of amides is 1. The fraction of sp³-hybridized carbons (Fsp3) is 0.556. The number of carbonyl (C=O) groups excluding carboxylic acids is 1. The fourth-order valence-electron chi connectivity index (χ4n) is 0.846. The summed E-state index contributed by atoms with van der Waals surface area (Å²) in [5.74, 6) is 0.274. The third-order valence-electron chi connectivity index (χ3n) is 1.85. The summed E-state index contributed by atoms with van der Waals surface area (Å²) in [5.41, 5.74) is 0.313. The summed E-state index contributed by atoms with van der Waals surface area (Å²) >= 11 is 3.48. The van der Waals surface area contributed by atoms with Crippen LogP contribution in [0.4, 0.5) is 0 Å². The Balaban J connectivity index is 2.36. The maximum Gasteiger partial charge on any atom is 0.273 e. The van der Waals surface area contributed by atoms with Crippen LogP contribution in [-0.2, 0) is 0 Å². The zero-order valence-electron chi connectivity index (χ0n) is 8.16. The van der Waals surface area contributed by atoms with E-state index in [0.29, 0.717) is 18.2 Å². The molecular formula is C9H13BrN2O2. The van der Waals surface area contributed by atoms with Crippen LogP contribution in [0.3, 0.4) is 0 Å². The monoisotopic (exact) mass is 260 g/mol. The number of rotatable bonds is 4. The van der Waals surface area contributed by atoms with Crippen molar-refractivity contribution in [1.82, 2.24) is 10.5 Å². The van der Waals surface area contributed by atoms with Crippen molar-refractivity contribution in [1.29, 1.82) is 0 Å². The van der Waals surface area contributed by atoms with Gasteiger partial charge in [0, 0.05) is 17.4 Å². The Kier molecular flexibility index (Phi) is 4.13. The molecule has 1 amide bonds. The molecule has 0 aliphatic rings. The van der Waals surface area contributed by atoms with Crippen LogP contribution in [0.25, 0.3) is 0 Å². The molecule has 1 N–H and O–H groups in total. The van der Waals surface area contributed by atoms with E-state index in [0.717, 1.165) is 0 Å². The van der Waals surface area contributed by atoms with E-state index >= 15 is 0 Å². The Morgan fingerprint density at radius 1 is 1.71 bits per heavy atom. The van der Waals surface area contributed by atoms with Crippen LogP contribution in [0.15, 0.2) is 16.9 Å². The molecule has 0 aliphatic carbocycles. The fourth-order valence-corrected chi connectivity index (χ4v) is 1.01. The van der Waals surface area contributed by atoms with Crippen molar-refractivity contribution >= 4 is 21.8 Å². The van der Waals surface area contributed by atoms with Gasteiger partial charge in [-0.2, -0.15) is 0 Å². The van der Waals surface area contributed by atoms with Gasteiger partial charge in [0.1, 0.15) is 6.26 Å². The van der Waals surface area contributed by atoms with Gasteiger partial charge in [0.25, 0.3) is 5.91 Å². The molecule has 1 rings (SSSR count). The van der Waals surface area contributed by atoms with Gasteiger partial charge in [-0.25, -0.2) is 0 Å². The zero-order valence-corrected chi connectivity index (χ0v) is 9.74. The molecule has 0 bridgehead atoms. The van der Waals surface area contributed by atoms with Crippen LogP contribution >= 0.6 is 15.9 Å².